The quantitative estimate of drug-likeness (QED) is 0.657. The summed E-state index contributed by atoms with van der Waals surface area (Å²) in [7, 11) is 1.72. The van der Waals surface area contributed by atoms with Gasteiger partial charge in [0.1, 0.15) is 0 Å². The first-order chi connectivity index (χ1) is 13.9. The Balaban J connectivity index is 1.96. The Morgan fingerprint density at radius 2 is 1.76 bits per heavy atom. The number of hydrogen-bond acceptors (Lipinski definition) is 3. The van der Waals surface area contributed by atoms with Gasteiger partial charge >= 0.3 is 0 Å². The molecule has 1 N–H and O–H groups in total. The summed E-state index contributed by atoms with van der Waals surface area (Å²) in [6, 6.07) is 19.1. The van der Waals surface area contributed by atoms with E-state index in [9.17, 15) is 9.90 Å². The second kappa shape index (κ2) is 9.05. The van der Waals surface area contributed by atoms with Crippen molar-refractivity contribution < 1.29 is 9.90 Å². The normalized spacial score (nSPS) is 12.2. The summed E-state index contributed by atoms with van der Waals surface area (Å²) < 4.78 is 1.85. The Labute approximate surface area is 172 Å². The van der Waals surface area contributed by atoms with Crippen molar-refractivity contribution in [1.29, 1.82) is 0 Å². The molecule has 1 heterocycles. The minimum absolute atomic E-state index is 0.147. The average molecular weight is 392 g/mol. The topological polar surface area (TPSA) is 58.4 Å². The van der Waals surface area contributed by atoms with Crippen LogP contribution in [0.2, 0.25) is 0 Å². The molecule has 1 unspecified atom stereocenters. The first-order valence-electron chi connectivity index (χ1n) is 10.00. The van der Waals surface area contributed by atoms with Crippen molar-refractivity contribution in [2.24, 2.45) is 5.92 Å². The Morgan fingerprint density at radius 1 is 1.10 bits per heavy atom. The van der Waals surface area contributed by atoms with Crippen LogP contribution in [0.15, 0.2) is 60.7 Å². The van der Waals surface area contributed by atoms with Crippen molar-refractivity contribution in [2.75, 3.05) is 13.7 Å². The monoisotopic (exact) mass is 391 g/mol. The number of aliphatic hydroxyl groups excluding tert-OH is 1. The molecule has 0 spiro atoms. The van der Waals surface area contributed by atoms with Gasteiger partial charge in [0.25, 0.3) is 5.91 Å². The number of likely N-dealkylation sites (N-methyl/N-ethyl adjacent to an activating group) is 1. The van der Waals surface area contributed by atoms with E-state index in [1.165, 1.54) is 0 Å². The van der Waals surface area contributed by atoms with Crippen LogP contribution in [-0.2, 0) is 6.42 Å². The smallest absolute Gasteiger partial charge is 0.274 e. The zero-order chi connectivity index (χ0) is 21.0. The molecule has 5 heteroatoms. The zero-order valence-corrected chi connectivity index (χ0v) is 17.5. The predicted molar refractivity (Wildman–Crippen MR) is 115 cm³/mol. The molecule has 0 saturated carbocycles. The van der Waals surface area contributed by atoms with E-state index in [0.29, 0.717) is 11.6 Å². The minimum Gasteiger partial charge on any atom is -0.394 e. The molecule has 3 rings (SSSR count). The molecular formula is C24H29N3O2. The van der Waals surface area contributed by atoms with Gasteiger partial charge in [-0.2, -0.15) is 5.10 Å². The van der Waals surface area contributed by atoms with Crippen LogP contribution >= 0.6 is 0 Å². The maximum atomic E-state index is 13.3. The molecular weight excluding hydrogens is 362 g/mol. The Bertz CT molecular complexity index is 963. The fraction of sp³-hybridized carbons (Fsp3) is 0.333. The lowest BCUT2D eigenvalue weighted by Crippen LogP contribution is -2.34. The molecule has 0 bridgehead atoms. The van der Waals surface area contributed by atoms with E-state index in [0.717, 1.165) is 28.9 Å². The highest BCUT2D eigenvalue weighted by Gasteiger charge is 2.26. The number of nitrogens with zero attached hydrogens (tertiary/aromatic N) is 3. The lowest BCUT2D eigenvalue weighted by molar-refractivity contribution is 0.0651. The maximum absolute atomic E-state index is 13.3. The summed E-state index contributed by atoms with van der Waals surface area (Å²) in [6.45, 7) is 6.14. The van der Waals surface area contributed by atoms with Gasteiger partial charge in [0.15, 0.2) is 5.69 Å². The van der Waals surface area contributed by atoms with E-state index in [1.807, 2.05) is 72.3 Å². The van der Waals surface area contributed by atoms with Gasteiger partial charge in [0, 0.05) is 12.7 Å². The van der Waals surface area contributed by atoms with Crippen molar-refractivity contribution in [2.45, 2.75) is 33.2 Å². The van der Waals surface area contributed by atoms with Crippen LogP contribution < -0.4 is 0 Å². The van der Waals surface area contributed by atoms with Gasteiger partial charge < -0.3 is 10.0 Å². The van der Waals surface area contributed by atoms with E-state index in [1.54, 1.807) is 11.9 Å². The molecule has 0 radical (unpaired) electrons. The average Bonchev–Trinajstić information content (AvgIpc) is 3.13. The Morgan fingerprint density at radius 3 is 2.38 bits per heavy atom. The van der Waals surface area contributed by atoms with Crippen molar-refractivity contribution in [3.63, 3.8) is 0 Å². The first-order valence-corrected chi connectivity index (χ1v) is 10.00. The second-order valence-electron chi connectivity index (χ2n) is 7.84. The number of amides is 1. The van der Waals surface area contributed by atoms with Gasteiger partial charge in [0.05, 0.1) is 18.3 Å². The highest BCUT2D eigenvalue weighted by molar-refractivity contribution is 5.92. The van der Waals surface area contributed by atoms with Crippen LogP contribution in [-0.4, -0.2) is 39.3 Å². The fourth-order valence-electron chi connectivity index (χ4n) is 3.59. The molecule has 0 aliphatic heterocycles. The molecule has 29 heavy (non-hydrogen) atoms. The van der Waals surface area contributed by atoms with Crippen LogP contribution in [0.4, 0.5) is 0 Å². The third kappa shape index (κ3) is 4.57. The number of benzene rings is 2. The summed E-state index contributed by atoms with van der Waals surface area (Å²) >= 11 is 0. The van der Waals surface area contributed by atoms with E-state index < -0.39 is 6.04 Å². The van der Waals surface area contributed by atoms with Gasteiger partial charge in [0.2, 0.25) is 0 Å². The number of hydrogen-bond donors (Lipinski definition) is 1. The van der Waals surface area contributed by atoms with Crippen molar-refractivity contribution in [1.82, 2.24) is 14.7 Å². The molecule has 0 saturated heterocycles. The number of aromatic nitrogens is 2. The number of rotatable bonds is 7. The molecule has 1 atom stereocenters. The van der Waals surface area contributed by atoms with Crippen molar-refractivity contribution >= 4 is 5.91 Å². The van der Waals surface area contributed by atoms with Gasteiger partial charge in [-0.1, -0.05) is 56.3 Å². The molecule has 1 aromatic heterocycles. The van der Waals surface area contributed by atoms with Gasteiger partial charge in [-0.3, -0.25) is 4.79 Å². The van der Waals surface area contributed by atoms with E-state index in [-0.39, 0.29) is 12.5 Å². The van der Waals surface area contributed by atoms with Crippen LogP contribution in [0.5, 0.6) is 0 Å². The highest BCUT2D eigenvalue weighted by Crippen LogP contribution is 2.25. The predicted octanol–water partition coefficient (Wildman–Crippen LogP) is 4.18. The molecule has 3 aromatic rings. The largest absolute Gasteiger partial charge is 0.394 e. The maximum Gasteiger partial charge on any atom is 0.274 e. The van der Waals surface area contributed by atoms with E-state index >= 15 is 0 Å². The second-order valence-corrected chi connectivity index (χ2v) is 7.84. The number of aliphatic hydroxyl groups is 1. The third-order valence-corrected chi connectivity index (χ3v) is 5.13. The lowest BCUT2D eigenvalue weighted by atomic mass is 10.0. The molecule has 2 aromatic carbocycles. The first kappa shape index (κ1) is 20.8. The molecule has 152 valence electrons. The number of carbonyl (C=O) groups excluding carboxylic acids is 1. The summed E-state index contributed by atoms with van der Waals surface area (Å²) in [5.41, 5.74) is 4.30. The number of carbonyl (C=O) groups is 1. The van der Waals surface area contributed by atoms with E-state index in [4.69, 9.17) is 0 Å². The summed E-state index contributed by atoms with van der Waals surface area (Å²) in [4.78, 5) is 14.8. The van der Waals surface area contributed by atoms with Crippen LogP contribution in [0.3, 0.4) is 0 Å². The van der Waals surface area contributed by atoms with E-state index in [2.05, 4.69) is 18.9 Å². The van der Waals surface area contributed by atoms with Crippen molar-refractivity contribution in [3.8, 4) is 5.69 Å². The third-order valence-electron chi connectivity index (χ3n) is 5.13. The lowest BCUT2D eigenvalue weighted by Gasteiger charge is -2.27. The summed E-state index contributed by atoms with van der Waals surface area (Å²) in [5.74, 6) is 0.235. The highest BCUT2D eigenvalue weighted by atomic mass is 16.3. The minimum atomic E-state index is -0.417. The van der Waals surface area contributed by atoms with Crippen LogP contribution in [0.1, 0.15) is 47.2 Å². The fourth-order valence-corrected chi connectivity index (χ4v) is 3.59. The molecule has 0 fully saturated rings. The summed E-state index contributed by atoms with van der Waals surface area (Å²) in [6.07, 6.45) is 0.820. The van der Waals surface area contributed by atoms with Crippen LogP contribution in [0.25, 0.3) is 5.69 Å². The molecule has 1 amide bonds. The van der Waals surface area contributed by atoms with Crippen molar-refractivity contribution in [3.05, 3.63) is 83.2 Å². The molecule has 0 aliphatic rings. The Hall–Kier alpha value is -2.92. The SMILES string of the molecule is Cc1ccccc1C(CO)N(C)C(=O)c1cc(CC(C)C)n(-c2ccccc2)n1. The molecule has 5 nitrogen and oxygen atoms in total. The zero-order valence-electron chi connectivity index (χ0n) is 17.5. The number of para-hydroxylation sites is 1. The standard InChI is InChI=1S/C24H29N3O2/c1-17(2)14-20-15-22(25-27(20)19-11-6-5-7-12-19)24(29)26(4)23(16-28)21-13-9-8-10-18(21)3/h5-13,15,17,23,28H,14,16H2,1-4H3. The number of aryl methyl sites for hydroxylation is 1. The van der Waals surface area contributed by atoms with Gasteiger partial charge in [-0.05, 0) is 48.6 Å². The van der Waals surface area contributed by atoms with Gasteiger partial charge in [-0.25, -0.2) is 4.68 Å². The summed E-state index contributed by atoms with van der Waals surface area (Å²) in [5, 5.41) is 14.6. The Kier molecular flexibility index (Phi) is 6.49. The molecule has 0 aliphatic carbocycles. The van der Waals surface area contributed by atoms with Gasteiger partial charge in [-0.15, -0.1) is 0 Å². The van der Waals surface area contributed by atoms with Crippen LogP contribution in [0, 0.1) is 12.8 Å².